The number of carbonyl (C=O) groups excluding carboxylic acids is 1. The monoisotopic (exact) mass is 556 g/mol. The summed E-state index contributed by atoms with van der Waals surface area (Å²) in [6.45, 7) is -0.985. The quantitative estimate of drug-likeness (QED) is 0.116. The van der Waals surface area contributed by atoms with Crippen LogP contribution in [0, 0.1) is 0 Å². The average Bonchev–Trinajstić information content (AvgIpc) is 2.92. The maximum atomic E-state index is 12.2. The average molecular weight is 556 g/mol. The largest absolute Gasteiger partial charge is 0.490 e. The molecule has 194 valence electrons. The fourth-order valence-corrected chi connectivity index (χ4v) is 5.73. The Balaban J connectivity index is 2.25. The number of aromatic amines is 1. The molecule has 2 rings (SSSR count). The highest BCUT2D eigenvalue weighted by Crippen LogP contribution is 2.66. The van der Waals surface area contributed by atoms with Gasteiger partial charge in [0.05, 0.1) is 18.8 Å². The number of carbonyl (C=O) groups is 1. The van der Waals surface area contributed by atoms with E-state index in [4.69, 9.17) is 24.2 Å². The first-order valence-electron chi connectivity index (χ1n) is 8.69. The van der Waals surface area contributed by atoms with Crippen molar-refractivity contribution in [3.8, 4) is 0 Å². The van der Waals surface area contributed by atoms with Crippen molar-refractivity contribution in [1.82, 2.24) is 9.55 Å². The Hall–Kier alpha value is -1.56. The molecule has 7 N–H and O–H groups in total. The van der Waals surface area contributed by atoms with Crippen LogP contribution in [-0.2, 0) is 47.7 Å². The predicted molar refractivity (Wildman–Crippen MR) is 103 cm³/mol. The van der Waals surface area contributed by atoms with Crippen LogP contribution < -0.4 is 11.2 Å². The summed E-state index contributed by atoms with van der Waals surface area (Å²) in [6, 6.07) is 0. The minimum absolute atomic E-state index is 0.309. The van der Waals surface area contributed by atoms with E-state index < -0.39 is 78.4 Å². The second kappa shape index (κ2) is 10.6. The fourth-order valence-electron chi connectivity index (χ4n) is 2.70. The van der Waals surface area contributed by atoms with Gasteiger partial charge in [-0.2, -0.15) is 8.62 Å². The van der Waals surface area contributed by atoms with E-state index in [1.54, 1.807) is 0 Å². The molecule has 34 heavy (non-hydrogen) atoms. The third kappa shape index (κ3) is 7.73. The van der Waals surface area contributed by atoms with Crippen molar-refractivity contribution >= 4 is 29.4 Å². The van der Waals surface area contributed by atoms with E-state index in [0.717, 1.165) is 13.1 Å². The van der Waals surface area contributed by atoms with Gasteiger partial charge in [-0.15, -0.1) is 0 Å². The van der Waals surface area contributed by atoms with Crippen molar-refractivity contribution in [2.75, 3.05) is 6.61 Å². The first-order chi connectivity index (χ1) is 15.4. The van der Waals surface area contributed by atoms with Crippen molar-refractivity contribution < 1.29 is 70.9 Å². The maximum absolute atomic E-state index is 12.2. The molecule has 0 aliphatic carbocycles. The topological polar surface area (TPSA) is 291 Å². The van der Waals surface area contributed by atoms with Crippen molar-refractivity contribution in [3.05, 3.63) is 32.6 Å². The van der Waals surface area contributed by atoms with E-state index >= 15 is 0 Å². The number of aliphatic hydroxyl groups is 2. The number of phosphoric acid groups is 3. The van der Waals surface area contributed by atoms with Gasteiger partial charge in [0.2, 0.25) is 0 Å². The second-order valence-electron chi connectivity index (χ2n) is 6.50. The van der Waals surface area contributed by atoms with E-state index in [1.165, 1.54) is 0 Å². The lowest BCUT2D eigenvalue weighted by Gasteiger charge is -2.21. The Morgan fingerprint density at radius 2 is 1.76 bits per heavy atom. The minimum Gasteiger partial charge on any atom is -0.455 e. The highest BCUT2D eigenvalue weighted by atomic mass is 31.3. The van der Waals surface area contributed by atoms with Crippen LogP contribution in [0.2, 0.25) is 0 Å². The molecule has 0 bridgehead atoms. The summed E-state index contributed by atoms with van der Waals surface area (Å²) in [7, 11) is -17.0. The standard InChI is InChI=1S/C12H19N2O17P3/c1-5(16)28-9-8(17)7(4-27-33(23,24)31-34(25,26)30-32(20,21)22)29-11(9)14-2-6(3-15)10(18)13-12(14)19/h2,7-9,11,15,17H,3-4H2,1H3,(H,23,24)(H,25,26)(H,13,18,19)(H2,20,21,22)/t7-,8-,9-,11-/m1/s1. The Labute approximate surface area is 187 Å². The number of nitrogens with zero attached hydrogens (tertiary/aromatic N) is 1. The summed E-state index contributed by atoms with van der Waals surface area (Å²) >= 11 is 0. The molecule has 0 amide bonds. The van der Waals surface area contributed by atoms with Crippen molar-refractivity contribution in [2.45, 2.75) is 38.1 Å². The number of H-pyrrole nitrogens is 1. The lowest BCUT2D eigenvalue weighted by molar-refractivity contribution is -0.156. The third-order valence-electron chi connectivity index (χ3n) is 3.92. The SMILES string of the molecule is CC(=O)O[C@@H]1[C@H](O)[C@@H](COP(=O)(O)OP(=O)(O)OP(=O)(O)O)O[C@H]1n1cc(CO)c(=O)[nH]c1=O. The van der Waals surface area contributed by atoms with E-state index in [-0.39, 0.29) is 5.56 Å². The van der Waals surface area contributed by atoms with Gasteiger partial charge in [0.25, 0.3) is 5.56 Å². The van der Waals surface area contributed by atoms with Crippen LogP contribution in [0.5, 0.6) is 0 Å². The Morgan fingerprint density at radius 3 is 2.29 bits per heavy atom. The number of aliphatic hydroxyl groups excluding tert-OH is 2. The summed E-state index contributed by atoms with van der Waals surface area (Å²) in [5.74, 6) is -0.953. The Morgan fingerprint density at radius 1 is 1.15 bits per heavy atom. The molecular formula is C12H19N2O17P3. The van der Waals surface area contributed by atoms with Crippen molar-refractivity contribution in [1.29, 1.82) is 0 Å². The van der Waals surface area contributed by atoms with Crippen LogP contribution in [0.1, 0.15) is 18.7 Å². The molecular weight excluding hydrogens is 537 g/mol. The molecule has 1 aromatic rings. The molecule has 0 radical (unpaired) electrons. The van der Waals surface area contributed by atoms with Gasteiger partial charge in [0.15, 0.2) is 12.3 Å². The zero-order valence-corrected chi connectivity index (χ0v) is 19.4. The van der Waals surface area contributed by atoms with Gasteiger partial charge in [-0.3, -0.25) is 23.7 Å². The lowest BCUT2D eigenvalue weighted by atomic mass is 10.1. The molecule has 19 nitrogen and oxygen atoms in total. The molecule has 2 unspecified atom stereocenters. The number of hydrogen-bond donors (Lipinski definition) is 7. The predicted octanol–water partition coefficient (Wildman–Crippen LogP) is -2.44. The van der Waals surface area contributed by atoms with E-state index in [0.29, 0.717) is 4.57 Å². The summed E-state index contributed by atoms with van der Waals surface area (Å²) in [5.41, 5.74) is -2.35. The van der Waals surface area contributed by atoms with Crippen LogP contribution in [-0.4, -0.2) is 70.2 Å². The highest BCUT2D eigenvalue weighted by molar-refractivity contribution is 7.66. The number of hydrogen-bond acceptors (Lipinski definition) is 13. The Bertz CT molecular complexity index is 1170. The third-order valence-corrected chi connectivity index (χ3v) is 7.72. The summed E-state index contributed by atoms with van der Waals surface area (Å²) in [4.78, 5) is 72.8. The van der Waals surface area contributed by atoms with Gasteiger partial charge in [-0.25, -0.2) is 18.5 Å². The smallest absolute Gasteiger partial charge is 0.455 e. The molecule has 0 spiro atoms. The normalized spacial score (nSPS) is 26.6. The van der Waals surface area contributed by atoms with Crippen molar-refractivity contribution in [2.24, 2.45) is 0 Å². The number of ether oxygens (including phenoxy) is 2. The highest BCUT2D eigenvalue weighted by Gasteiger charge is 2.49. The van der Waals surface area contributed by atoms with Crippen LogP contribution in [0.4, 0.5) is 0 Å². The van der Waals surface area contributed by atoms with Gasteiger partial charge in [0, 0.05) is 13.1 Å². The summed E-state index contributed by atoms with van der Waals surface area (Å²) in [6.07, 6.45) is -5.97. The van der Waals surface area contributed by atoms with Crippen LogP contribution in [0.3, 0.4) is 0 Å². The first-order valence-corrected chi connectivity index (χ1v) is 13.2. The van der Waals surface area contributed by atoms with Crippen LogP contribution >= 0.6 is 23.5 Å². The molecule has 22 heteroatoms. The van der Waals surface area contributed by atoms with Gasteiger partial charge in [0.1, 0.15) is 12.2 Å². The van der Waals surface area contributed by atoms with E-state index in [2.05, 4.69) is 13.1 Å². The molecule has 1 aromatic heterocycles. The molecule has 1 saturated heterocycles. The van der Waals surface area contributed by atoms with Gasteiger partial charge < -0.3 is 39.3 Å². The maximum Gasteiger partial charge on any atom is 0.490 e. The molecule has 0 aromatic carbocycles. The van der Waals surface area contributed by atoms with Crippen molar-refractivity contribution in [3.63, 3.8) is 0 Å². The number of rotatable bonds is 10. The summed E-state index contributed by atoms with van der Waals surface area (Å²) < 4.78 is 56.2. The van der Waals surface area contributed by atoms with Crippen LogP contribution in [0.15, 0.2) is 15.8 Å². The minimum atomic E-state index is -5.80. The van der Waals surface area contributed by atoms with Gasteiger partial charge >= 0.3 is 35.1 Å². The first kappa shape index (κ1) is 28.7. The van der Waals surface area contributed by atoms with Gasteiger partial charge in [-0.1, -0.05) is 0 Å². The lowest BCUT2D eigenvalue weighted by Crippen LogP contribution is -2.41. The molecule has 0 saturated carbocycles. The number of aromatic nitrogens is 2. The van der Waals surface area contributed by atoms with E-state index in [1.807, 2.05) is 4.98 Å². The zero-order chi connectivity index (χ0) is 26.1. The Kier molecular flexibility index (Phi) is 8.93. The molecule has 2 heterocycles. The molecule has 1 fully saturated rings. The summed E-state index contributed by atoms with van der Waals surface area (Å²) in [5, 5.41) is 19.6. The number of nitrogens with one attached hydrogen (secondary N) is 1. The number of phosphoric ester groups is 1. The molecule has 1 aliphatic heterocycles. The molecule has 6 atom stereocenters. The number of esters is 1. The molecule has 1 aliphatic rings. The van der Waals surface area contributed by atoms with Crippen LogP contribution in [0.25, 0.3) is 0 Å². The second-order valence-corrected chi connectivity index (χ2v) is 10.9. The van der Waals surface area contributed by atoms with E-state index in [9.17, 15) is 43.2 Å². The fraction of sp³-hybridized carbons (Fsp3) is 0.583. The van der Waals surface area contributed by atoms with Gasteiger partial charge in [-0.05, 0) is 0 Å². The zero-order valence-electron chi connectivity index (χ0n) is 16.8.